The van der Waals surface area contributed by atoms with E-state index in [9.17, 15) is 18.0 Å². The van der Waals surface area contributed by atoms with Crippen LogP contribution in [0.15, 0.2) is 72.8 Å². The van der Waals surface area contributed by atoms with E-state index >= 15 is 0 Å². The maximum absolute atomic E-state index is 14.0. The molecule has 0 aliphatic carbocycles. The lowest BCUT2D eigenvalue weighted by Gasteiger charge is -2.34. The lowest BCUT2D eigenvalue weighted by molar-refractivity contribution is -0.142. The van der Waals surface area contributed by atoms with Gasteiger partial charge in [-0.3, -0.25) is 13.9 Å². The van der Waals surface area contributed by atoms with Crippen LogP contribution in [0.4, 0.5) is 5.69 Å². The van der Waals surface area contributed by atoms with Crippen molar-refractivity contribution in [3.63, 3.8) is 0 Å². The van der Waals surface area contributed by atoms with E-state index in [1.807, 2.05) is 64.1 Å². The molecule has 0 spiro atoms. The van der Waals surface area contributed by atoms with E-state index in [0.29, 0.717) is 27.7 Å². The van der Waals surface area contributed by atoms with Crippen LogP contribution in [0.3, 0.4) is 0 Å². The van der Waals surface area contributed by atoms with Crippen LogP contribution in [-0.2, 0) is 32.6 Å². The SMILES string of the molecule is Cc1cccc(N(CCCC(=O)N(Cc2ccc(Cl)cc2Cl)[C@@H](Cc2ccccc2)C(=O)NC(C)(C)C)S(C)(=O)=O)c1. The zero-order valence-corrected chi connectivity index (χ0v) is 27.1. The lowest BCUT2D eigenvalue weighted by atomic mass is 10.00. The highest BCUT2D eigenvalue weighted by Crippen LogP contribution is 2.25. The molecule has 3 aromatic rings. The summed E-state index contributed by atoms with van der Waals surface area (Å²) in [6.45, 7) is 7.74. The molecule has 1 N–H and O–H groups in total. The average molecular weight is 633 g/mol. The van der Waals surface area contributed by atoms with Crippen LogP contribution >= 0.6 is 23.2 Å². The molecule has 0 saturated heterocycles. The number of carbonyl (C=O) groups excluding carboxylic acids is 2. The summed E-state index contributed by atoms with van der Waals surface area (Å²) in [4.78, 5) is 29.2. The Morgan fingerprint density at radius 1 is 0.952 bits per heavy atom. The number of rotatable bonds is 12. The number of sulfonamides is 1. The summed E-state index contributed by atoms with van der Waals surface area (Å²) in [6, 6.07) is 20.9. The van der Waals surface area contributed by atoms with E-state index in [0.717, 1.165) is 17.4 Å². The van der Waals surface area contributed by atoms with Gasteiger partial charge in [-0.15, -0.1) is 0 Å². The van der Waals surface area contributed by atoms with Crippen LogP contribution in [-0.4, -0.2) is 49.5 Å². The van der Waals surface area contributed by atoms with E-state index in [-0.39, 0.29) is 37.7 Å². The zero-order chi connectivity index (χ0) is 31.1. The average Bonchev–Trinajstić information content (AvgIpc) is 2.88. The first kappa shape index (κ1) is 33.4. The molecule has 10 heteroatoms. The van der Waals surface area contributed by atoms with Gasteiger partial charge in [0.2, 0.25) is 21.8 Å². The Morgan fingerprint density at radius 2 is 1.64 bits per heavy atom. The van der Waals surface area contributed by atoms with Crippen molar-refractivity contribution in [2.24, 2.45) is 0 Å². The molecule has 7 nitrogen and oxygen atoms in total. The first-order chi connectivity index (χ1) is 19.6. The van der Waals surface area contributed by atoms with Crippen molar-refractivity contribution in [1.29, 1.82) is 0 Å². The van der Waals surface area contributed by atoms with E-state index < -0.39 is 21.6 Å². The van der Waals surface area contributed by atoms with Crippen molar-refractivity contribution in [2.75, 3.05) is 17.1 Å². The molecular formula is C32H39Cl2N3O4S. The monoisotopic (exact) mass is 631 g/mol. The van der Waals surface area contributed by atoms with Gasteiger partial charge in [-0.25, -0.2) is 8.42 Å². The Balaban J connectivity index is 1.93. The molecule has 0 bridgehead atoms. The summed E-state index contributed by atoms with van der Waals surface area (Å²) < 4.78 is 26.6. The predicted octanol–water partition coefficient (Wildman–Crippen LogP) is 6.40. The number of benzene rings is 3. The number of nitrogens with one attached hydrogen (secondary N) is 1. The van der Waals surface area contributed by atoms with E-state index in [1.54, 1.807) is 41.3 Å². The zero-order valence-electron chi connectivity index (χ0n) is 24.7. The molecule has 3 rings (SSSR count). The molecule has 2 amide bonds. The van der Waals surface area contributed by atoms with Crippen molar-refractivity contribution in [1.82, 2.24) is 10.2 Å². The fourth-order valence-electron chi connectivity index (χ4n) is 4.63. The molecule has 42 heavy (non-hydrogen) atoms. The fraction of sp³-hybridized carbons (Fsp3) is 0.375. The molecule has 1 atom stereocenters. The maximum Gasteiger partial charge on any atom is 0.243 e. The fourth-order valence-corrected chi connectivity index (χ4v) is 6.05. The van der Waals surface area contributed by atoms with Crippen molar-refractivity contribution < 1.29 is 18.0 Å². The first-order valence-electron chi connectivity index (χ1n) is 13.8. The van der Waals surface area contributed by atoms with Gasteiger partial charge >= 0.3 is 0 Å². The Hall–Kier alpha value is -3.07. The second-order valence-corrected chi connectivity index (χ2v) is 14.2. The number of halogens is 2. The summed E-state index contributed by atoms with van der Waals surface area (Å²) in [7, 11) is -3.59. The third kappa shape index (κ3) is 10.0. The van der Waals surface area contributed by atoms with Gasteiger partial charge in [0.25, 0.3) is 0 Å². The van der Waals surface area contributed by atoms with Crippen molar-refractivity contribution >= 4 is 50.7 Å². The minimum Gasteiger partial charge on any atom is -0.350 e. The minimum atomic E-state index is -3.59. The van der Waals surface area contributed by atoms with Crippen LogP contribution in [0, 0.1) is 6.92 Å². The van der Waals surface area contributed by atoms with Crippen molar-refractivity contribution in [3.8, 4) is 0 Å². The molecule has 3 aromatic carbocycles. The smallest absolute Gasteiger partial charge is 0.243 e. The summed E-state index contributed by atoms with van der Waals surface area (Å²) >= 11 is 12.6. The number of carbonyl (C=O) groups is 2. The van der Waals surface area contributed by atoms with Gasteiger partial charge in [0.05, 0.1) is 11.9 Å². The summed E-state index contributed by atoms with van der Waals surface area (Å²) in [6.07, 6.45) is 1.72. The number of hydrogen-bond donors (Lipinski definition) is 1. The largest absolute Gasteiger partial charge is 0.350 e. The molecule has 0 aliphatic heterocycles. The van der Waals surface area contributed by atoms with Crippen LogP contribution in [0.2, 0.25) is 10.0 Å². The highest BCUT2D eigenvalue weighted by atomic mass is 35.5. The number of anilines is 1. The summed E-state index contributed by atoms with van der Waals surface area (Å²) in [5.74, 6) is -0.578. The normalized spacial score (nSPS) is 12.5. The molecule has 0 unspecified atom stereocenters. The van der Waals surface area contributed by atoms with Crippen LogP contribution in [0.25, 0.3) is 0 Å². The molecule has 0 radical (unpaired) electrons. The van der Waals surface area contributed by atoms with Gasteiger partial charge in [-0.05, 0) is 75.1 Å². The van der Waals surface area contributed by atoms with Crippen LogP contribution in [0.5, 0.6) is 0 Å². The quantitative estimate of drug-likeness (QED) is 0.250. The van der Waals surface area contributed by atoms with Gasteiger partial charge in [0.15, 0.2) is 0 Å². The first-order valence-corrected chi connectivity index (χ1v) is 16.4. The minimum absolute atomic E-state index is 0.0249. The molecule has 0 saturated carbocycles. The molecular weight excluding hydrogens is 593 g/mol. The third-order valence-electron chi connectivity index (χ3n) is 6.57. The van der Waals surface area contributed by atoms with E-state index in [1.165, 1.54) is 4.31 Å². The highest BCUT2D eigenvalue weighted by Gasteiger charge is 2.32. The highest BCUT2D eigenvalue weighted by molar-refractivity contribution is 7.92. The Morgan fingerprint density at radius 3 is 2.24 bits per heavy atom. The van der Waals surface area contributed by atoms with Gasteiger partial charge in [0.1, 0.15) is 6.04 Å². The lowest BCUT2D eigenvalue weighted by Crippen LogP contribution is -2.54. The predicted molar refractivity (Wildman–Crippen MR) is 171 cm³/mol. The molecule has 0 aliphatic rings. The molecule has 0 heterocycles. The Labute approximate surface area is 259 Å². The van der Waals surface area contributed by atoms with Gasteiger partial charge in [-0.2, -0.15) is 0 Å². The Kier molecular flexibility index (Phi) is 11.5. The maximum atomic E-state index is 14.0. The number of amides is 2. The van der Waals surface area contributed by atoms with Gasteiger partial charge < -0.3 is 10.2 Å². The van der Waals surface area contributed by atoms with Gasteiger partial charge in [-0.1, -0.05) is 71.7 Å². The second kappa shape index (κ2) is 14.4. The topological polar surface area (TPSA) is 86.8 Å². The van der Waals surface area contributed by atoms with Crippen LogP contribution in [0.1, 0.15) is 50.3 Å². The molecule has 0 fully saturated rings. The summed E-state index contributed by atoms with van der Waals surface area (Å²) in [5, 5.41) is 3.88. The second-order valence-electron chi connectivity index (χ2n) is 11.5. The van der Waals surface area contributed by atoms with E-state index in [4.69, 9.17) is 23.2 Å². The third-order valence-corrected chi connectivity index (χ3v) is 8.35. The summed E-state index contributed by atoms with van der Waals surface area (Å²) in [5.41, 5.74) is 2.49. The standard InChI is InChI=1S/C32H39Cl2N3O4S/c1-23-11-9-14-27(19-23)37(42(5,40)41)18-10-15-30(38)36(22-25-16-17-26(33)21-28(25)34)29(31(39)35-32(2,3)4)20-24-12-7-6-8-13-24/h6-9,11-14,16-17,19,21,29H,10,15,18,20,22H2,1-5H3,(H,35,39)/t29-/m0/s1. The Bertz CT molecular complexity index is 1490. The van der Waals surface area contributed by atoms with Crippen molar-refractivity contribution in [2.45, 2.75) is 65.1 Å². The molecule has 0 aromatic heterocycles. The van der Waals surface area contributed by atoms with Crippen LogP contribution < -0.4 is 9.62 Å². The van der Waals surface area contributed by atoms with Crippen molar-refractivity contribution in [3.05, 3.63) is 99.5 Å². The number of hydrogen-bond acceptors (Lipinski definition) is 4. The van der Waals surface area contributed by atoms with E-state index in [2.05, 4.69) is 5.32 Å². The number of nitrogens with zero attached hydrogens (tertiary/aromatic N) is 2. The molecule has 226 valence electrons. The van der Waals surface area contributed by atoms with Gasteiger partial charge in [0, 0.05) is 41.5 Å². The number of aryl methyl sites for hydroxylation is 1.